The largest absolute Gasteiger partial charge is 0.329 e. The fraction of sp³-hybridized carbons (Fsp3) is 1.00. The lowest BCUT2D eigenvalue weighted by atomic mass is 9.72. The van der Waals surface area contributed by atoms with Crippen LogP contribution >= 0.6 is 0 Å². The fourth-order valence-corrected chi connectivity index (χ4v) is 3.57. The Morgan fingerprint density at radius 1 is 1.22 bits per heavy atom. The van der Waals surface area contributed by atoms with Gasteiger partial charge in [0.2, 0.25) is 0 Å². The van der Waals surface area contributed by atoms with Gasteiger partial charge in [0.05, 0.1) is 0 Å². The van der Waals surface area contributed by atoms with E-state index in [-0.39, 0.29) is 0 Å². The lowest BCUT2D eigenvalue weighted by Gasteiger charge is -2.48. The first-order valence-corrected chi connectivity index (χ1v) is 8.04. The Morgan fingerprint density at radius 3 is 2.22 bits per heavy atom. The Morgan fingerprint density at radius 2 is 1.83 bits per heavy atom. The predicted molar refractivity (Wildman–Crippen MR) is 80.7 cm³/mol. The van der Waals surface area contributed by atoms with Gasteiger partial charge in [0, 0.05) is 12.1 Å². The molecule has 0 saturated heterocycles. The van der Waals surface area contributed by atoms with E-state index in [2.05, 4.69) is 32.6 Å². The maximum Gasteiger partial charge on any atom is 0.0331 e. The van der Waals surface area contributed by atoms with E-state index < -0.39 is 0 Å². The first-order chi connectivity index (χ1) is 8.59. The molecule has 0 spiro atoms. The van der Waals surface area contributed by atoms with Gasteiger partial charge in [-0.2, -0.15) is 0 Å². The van der Waals surface area contributed by atoms with Gasteiger partial charge in [0.15, 0.2) is 0 Å². The number of unbranched alkanes of at least 4 members (excludes halogenated alkanes) is 1. The maximum absolute atomic E-state index is 6.17. The molecule has 0 aromatic rings. The summed E-state index contributed by atoms with van der Waals surface area (Å²) in [6.07, 6.45) is 7.96. The molecule has 1 rings (SSSR count). The maximum atomic E-state index is 6.17. The number of hydrogen-bond donors (Lipinski definition) is 1. The van der Waals surface area contributed by atoms with Crippen LogP contribution in [0.1, 0.15) is 66.2 Å². The van der Waals surface area contributed by atoms with Crippen LogP contribution < -0.4 is 5.73 Å². The molecule has 2 nitrogen and oxygen atoms in total. The number of nitrogens with zero attached hydrogens (tertiary/aromatic N) is 1. The van der Waals surface area contributed by atoms with Gasteiger partial charge in [-0.15, -0.1) is 0 Å². The summed E-state index contributed by atoms with van der Waals surface area (Å²) >= 11 is 0. The Labute approximate surface area is 114 Å². The van der Waals surface area contributed by atoms with Crippen molar-refractivity contribution < 1.29 is 0 Å². The Hall–Kier alpha value is -0.0800. The molecular weight excluding hydrogens is 220 g/mol. The van der Waals surface area contributed by atoms with Gasteiger partial charge < -0.3 is 5.73 Å². The second-order valence-corrected chi connectivity index (χ2v) is 6.44. The van der Waals surface area contributed by atoms with Crippen molar-refractivity contribution in [1.82, 2.24) is 4.90 Å². The lowest BCUT2D eigenvalue weighted by Crippen LogP contribution is -2.56. The molecular formula is C16H34N2. The van der Waals surface area contributed by atoms with Crippen LogP contribution in [0, 0.1) is 11.8 Å². The van der Waals surface area contributed by atoms with Crippen LogP contribution in [0.4, 0.5) is 0 Å². The van der Waals surface area contributed by atoms with Crippen LogP contribution in [0.25, 0.3) is 0 Å². The Balaban J connectivity index is 2.62. The minimum atomic E-state index is 0.315. The summed E-state index contributed by atoms with van der Waals surface area (Å²) in [5.41, 5.74) is 6.48. The molecule has 0 amide bonds. The quantitative estimate of drug-likeness (QED) is 0.751. The second-order valence-electron chi connectivity index (χ2n) is 6.44. The van der Waals surface area contributed by atoms with Crippen LogP contribution in [0.5, 0.6) is 0 Å². The molecule has 0 radical (unpaired) electrons. The third-order valence-electron chi connectivity index (χ3n) is 5.12. The normalized spacial score (nSPS) is 29.2. The van der Waals surface area contributed by atoms with Crippen LogP contribution in [0.3, 0.4) is 0 Å². The Kier molecular flexibility index (Phi) is 6.65. The molecule has 1 aliphatic carbocycles. The van der Waals surface area contributed by atoms with Crippen LogP contribution in [-0.2, 0) is 0 Å². The van der Waals surface area contributed by atoms with Crippen molar-refractivity contribution >= 4 is 0 Å². The zero-order valence-corrected chi connectivity index (χ0v) is 13.0. The average molecular weight is 254 g/mol. The SMILES string of the molecule is CCCCN(CC)C1(CN)CCC(C(C)C)CC1. The summed E-state index contributed by atoms with van der Waals surface area (Å²) in [7, 11) is 0. The van der Waals surface area contributed by atoms with Crippen molar-refractivity contribution in [3.8, 4) is 0 Å². The van der Waals surface area contributed by atoms with Gasteiger partial charge in [-0.25, -0.2) is 0 Å². The number of rotatable bonds is 7. The van der Waals surface area contributed by atoms with Crippen LogP contribution in [0.2, 0.25) is 0 Å². The standard InChI is InChI=1S/C16H34N2/c1-5-7-12-18(6-2)16(13-17)10-8-15(9-11-16)14(3)4/h14-15H,5-13,17H2,1-4H3. The van der Waals surface area contributed by atoms with E-state index in [0.717, 1.165) is 24.9 Å². The van der Waals surface area contributed by atoms with Crippen molar-refractivity contribution in [3.63, 3.8) is 0 Å². The smallest absolute Gasteiger partial charge is 0.0331 e. The second kappa shape index (κ2) is 7.49. The molecule has 2 heteroatoms. The van der Waals surface area contributed by atoms with Crippen LogP contribution in [0.15, 0.2) is 0 Å². The zero-order chi connectivity index (χ0) is 13.6. The van der Waals surface area contributed by atoms with E-state index in [4.69, 9.17) is 5.73 Å². The van der Waals surface area contributed by atoms with Crippen molar-refractivity contribution in [2.45, 2.75) is 71.8 Å². The van der Waals surface area contributed by atoms with Crippen molar-refractivity contribution in [2.24, 2.45) is 17.6 Å². The van der Waals surface area contributed by atoms with Gasteiger partial charge in [-0.05, 0) is 57.0 Å². The number of nitrogens with two attached hydrogens (primary N) is 1. The predicted octanol–water partition coefficient (Wildman–Crippen LogP) is 3.65. The summed E-state index contributed by atoms with van der Waals surface area (Å²) in [6, 6.07) is 0. The third kappa shape index (κ3) is 3.71. The van der Waals surface area contributed by atoms with Crippen molar-refractivity contribution in [2.75, 3.05) is 19.6 Å². The summed E-state index contributed by atoms with van der Waals surface area (Å²) in [5, 5.41) is 0. The van der Waals surface area contributed by atoms with Crippen molar-refractivity contribution in [3.05, 3.63) is 0 Å². The molecule has 108 valence electrons. The highest BCUT2D eigenvalue weighted by Gasteiger charge is 2.38. The topological polar surface area (TPSA) is 29.3 Å². The molecule has 2 N–H and O–H groups in total. The van der Waals surface area contributed by atoms with Gasteiger partial charge in [0.25, 0.3) is 0 Å². The van der Waals surface area contributed by atoms with Gasteiger partial charge in [0.1, 0.15) is 0 Å². The molecule has 1 saturated carbocycles. The zero-order valence-electron chi connectivity index (χ0n) is 13.0. The highest BCUT2D eigenvalue weighted by Crippen LogP contribution is 2.38. The number of hydrogen-bond acceptors (Lipinski definition) is 2. The molecule has 1 fully saturated rings. The summed E-state index contributed by atoms with van der Waals surface area (Å²) in [6.45, 7) is 12.5. The first-order valence-electron chi connectivity index (χ1n) is 8.04. The Bertz CT molecular complexity index is 217. The molecule has 0 bridgehead atoms. The highest BCUT2D eigenvalue weighted by atomic mass is 15.2. The van der Waals surface area contributed by atoms with Crippen LogP contribution in [-0.4, -0.2) is 30.1 Å². The average Bonchev–Trinajstić information content (AvgIpc) is 2.40. The highest BCUT2D eigenvalue weighted by molar-refractivity contribution is 4.96. The minimum absolute atomic E-state index is 0.315. The third-order valence-corrected chi connectivity index (χ3v) is 5.12. The molecule has 0 aliphatic heterocycles. The number of likely N-dealkylation sites (N-methyl/N-ethyl adjacent to an activating group) is 1. The van der Waals surface area contributed by atoms with E-state index >= 15 is 0 Å². The van der Waals surface area contributed by atoms with E-state index in [1.54, 1.807) is 0 Å². The van der Waals surface area contributed by atoms with Gasteiger partial charge >= 0.3 is 0 Å². The molecule has 0 atom stereocenters. The molecule has 1 aliphatic rings. The first kappa shape index (κ1) is 16.0. The molecule has 0 unspecified atom stereocenters. The lowest BCUT2D eigenvalue weighted by molar-refractivity contribution is 0.0376. The van der Waals surface area contributed by atoms with E-state index in [9.17, 15) is 0 Å². The van der Waals surface area contributed by atoms with Gasteiger partial charge in [-0.3, -0.25) is 4.90 Å². The van der Waals surface area contributed by atoms with Crippen molar-refractivity contribution in [1.29, 1.82) is 0 Å². The molecule has 0 aromatic heterocycles. The monoisotopic (exact) mass is 254 g/mol. The minimum Gasteiger partial charge on any atom is -0.329 e. The molecule has 0 heterocycles. The summed E-state index contributed by atoms with van der Waals surface area (Å²) in [4.78, 5) is 2.67. The molecule has 0 aromatic carbocycles. The summed E-state index contributed by atoms with van der Waals surface area (Å²) < 4.78 is 0. The fourth-order valence-electron chi connectivity index (χ4n) is 3.57. The summed E-state index contributed by atoms with van der Waals surface area (Å²) in [5.74, 6) is 1.76. The van der Waals surface area contributed by atoms with E-state index in [0.29, 0.717) is 5.54 Å². The molecule has 18 heavy (non-hydrogen) atoms. The van der Waals surface area contributed by atoms with Gasteiger partial charge in [-0.1, -0.05) is 34.1 Å². The van der Waals surface area contributed by atoms with E-state index in [1.165, 1.54) is 45.1 Å². The van der Waals surface area contributed by atoms with E-state index in [1.807, 2.05) is 0 Å².